The standard InChI is InChI=1S/C18H13ClF2/c19-16(15-9-4-10-17(20)18(15)21)11-13-7-3-6-12-5-1-2-8-14(12)13/h1-10,16H,11H2. The first-order valence-electron chi connectivity index (χ1n) is 6.71. The lowest BCUT2D eigenvalue weighted by Crippen LogP contribution is -2.01. The summed E-state index contributed by atoms with van der Waals surface area (Å²) in [5.41, 5.74) is 1.22. The highest BCUT2D eigenvalue weighted by molar-refractivity contribution is 6.21. The fourth-order valence-electron chi connectivity index (χ4n) is 2.54. The highest BCUT2D eigenvalue weighted by atomic mass is 35.5. The van der Waals surface area contributed by atoms with Crippen LogP contribution >= 0.6 is 11.6 Å². The molecule has 0 saturated heterocycles. The molecule has 0 bridgehead atoms. The number of rotatable bonds is 3. The number of alkyl halides is 1. The van der Waals surface area contributed by atoms with Crippen molar-refractivity contribution in [3.63, 3.8) is 0 Å². The minimum Gasteiger partial charge on any atom is -0.204 e. The molecular formula is C18H13ClF2. The van der Waals surface area contributed by atoms with E-state index >= 15 is 0 Å². The minimum atomic E-state index is -0.865. The van der Waals surface area contributed by atoms with Gasteiger partial charge in [0.05, 0.1) is 5.38 Å². The van der Waals surface area contributed by atoms with Crippen LogP contribution in [0.4, 0.5) is 8.78 Å². The number of hydrogen-bond donors (Lipinski definition) is 0. The van der Waals surface area contributed by atoms with Gasteiger partial charge < -0.3 is 0 Å². The lowest BCUT2D eigenvalue weighted by Gasteiger charge is -2.13. The fourth-order valence-corrected chi connectivity index (χ4v) is 2.87. The van der Waals surface area contributed by atoms with Gasteiger partial charge >= 0.3 is 0 Å². The highest BCUT2D eigenvalue weighted by Crippen LogP contribution is 2.30. The zero-order valence-corrected chi connectivity index (χ0v) is 11.9. The predicted molar refractivity (Wildman–Crippen MR) is 82.6 cm³/mol. The van der Waals surface area contributed by atoms with Crippen molar-refractivity contribution in [3.05, 3.63) is 83.4 Å². The van der Waals surface area contributed by atoms with Gasteiger partial charge in [0.15, 0.2) is 11.6 Å². The molecule has 0 saturated carbocycles. The van der Waals surface area contributed by atoms with E-state index in [2.05, 4.69) is 0 Å². The van der Waals surface area contributed by atoms with E-state index in [4.69, 9.17) is 11.6 Å². The number of hydrogen-bond acceptors (Lipinski definition) is 0. The molecular weight excluding hydrogens is 290 g/mol. The van der Waals surface area contributed by atoms with Crippen LogP contribution in [-0.4, -0.2) is 0 Å². The Morgan fingerprint density at radius 1 is 0.857 bits per heavy atom. The van der Waals surface area contributed by atoms with Crippen LogP contribution in [0.2, 0.25) is 0 Å². The summed E-state index contributed by atoms with van der Waals surface area (Å²) < 4.78 is 27.1. The van der Waals surface area contributed by atoms with Gasteiger partial charge in [-0.05, 0) is 28.8 Å². The van der Waals surface area contributed by atoms with Crippen molar-refractivity contribution in [3.8, 4) is 0 Å². The molecule has 0 nitrogen and oxygen atoms in total. The Labute approximate surface area is 127 Å². The highest BCUT2D eigenvalue weighted by Gasteiger charge is 2.17. The molecule has 3 rings (SSSR count). The lowest BCUT2D eigenvalue weighted by molar-refractivity contribution is 0.497. The molecule has 1 atom stereocenters. The topological polar surface area (TPSA) is 0 Å². The van der Waals surface area contributed by atoms with Crippen LogP contribution < -0.4 is 0 Å². The molecule has 3 aromatic rings. The van der Waals surface area contributed by atoms with Gasteiger partial charge in [-0.15, -0.1) is 11.6 Å². The lowest BCUT2D eigenvalue weighted by atomic mass is 9.98. The summed E-state index contributed by atoms with van der Waals surface area (Å²) in [5, 5.41) is 1.59. The van der Waals surface area contributed by atoms with Gasteiger partial charge in [-0.25, -0.2) is 8.78 Å². The molecule has 0 aliphatic rings. The minimum absolute atomic E-state index is 0.199. The van der Waals surface area contributed by atoms with E-state index in [0.29, 0.717) is 6.42 Å². The second-order valence-corrected chi connectivity index (χ2v) is 5.48. The summed E-state index contributed by atoms with van der Waals surface area (Å²) in [6.07, 6.45) is 0.448. The first kappa shape index (κ1) is 14.0. The zero-order chi connectivity index (χ0) is 14.8. The summed E-state index contributed by atoms with van der Waals surface area (Å²) in [4.78, 5) is 0. The van der Waals surface area contributed by atoms with Crippen molar-refractivity contribution in [1.29, 1.82) is 0 Å². The van der Waals surface area contributed by atoms with Crippen molar-refractivity contribution in [2.75, 3.05) is 0 Å². The van der Waals surface area contributed by atoms with Gasteiger partial charge in [0.1, 0.15) is 0 Å². The van der Waals surface area contributed by atoms with Crippen molar-refractivity contribution >= 4 is 22.4 Å². The molecule has 0 heterocycles. The predicted octanol–water partition coefficient (Wildman–Crippen LogP) is 5.64. The second kappa shape index (κ2) is 5.82. The summed E-state index contributed by atoms with van der Waals surface area (Å²) in [7, 11) is 0. The zero-order valence-electron chi connectivity index (χ0n) is 11.2. The SMILES string of the molecule is Fc1cccc(C(Cl)Cc2cccc3ccccc23)c1F. The molecule has 0 N–H and O–H groups in total. The van der Waals surface area contributed by atoms with Gasteiger partial charge in [-0.3, -0.25) is 0 Å². The van der Waals surface area contributed by atoms with Crippen LogP contribution in [-0.2, 0) is 6.42 Å². The van der Waals surface area contributed by atoms with Crippen molar-refractivity contribution in [2.24, 2.45) is 0 Å². The van der Waals surface area contributed by atoms with Crippen LogP contribution in [0.25, 0.3) is 10.8 Å². The third-order valence-corrected chi connectivity index (χ3v) is 3.99. The van der Waals surface area contributed by atoms with Crippen molar-refractivity contribution in [2.45, 2.75) is 11.8 Å². The Morgan fingerprint density at radius 3 is 2.43 bits per heavy atom. The molecule has 106 valence electrons. The van der Waals surface area contributed by atoms with Gasteiger partial charge in [-0.2, -0.15) is 0 Å². The molecule has 0 aromatic heterocycles. The van der Waals surface area contributed by atoms with E-state index in [1.54, 1.807) is 0 Å². The average Bonchev–Trinajstić information content (AvgIpc) is 2.50. The Hall–Kier alpha value is -1.93. The maximum atomic E-state index is 13.8. The Morgan fingerprint density at radius 2 is 1.57 bits per heavy atom. The number of fused-ring (bicyclic) bond motifs is 1. The first-order valence-corrected chi connectivity index (χ1v) is 7.15. The molecule has 1 unspecified atom stereocenters. The van der Waals surface area contributed by atoms with E-state index < -0.39 is 17.0 Å². The van der Waals surface area contributed by atoms with Crippen LogP contribution in [0.5, 0.6) is 0 Å². The Balaban J connectivity index is 1.97. The summed E-state index contributed by atoms with van der Waals surface area (Å²) >= 11 is 6.31. The first-order chi connectivity index (χ1) is 10.2. The van der Waals surface area contributed by atoms with Gasteiger partial charge in [-0.1, -0.05) is 54.6 Å². The molecule has 0 spiro atoms. The molecule has 21 heavy (non-hydrogen) atoms. The number of halogens is 3. The molecule has 0 radical (unpaired) electrons. The van der Waals surface area contributed by atoms with Crippen LogP contribution in [0.3, 0.4) is 0 Å². The maximum Gasteiger partial charge on any atom is 0.163 e. The maximum absolute atomic E-state index is 13.8. The number of benzene rings is 3. The molecule has 0 aliphatic carbocycles. The van der Waals surface area contributed by atoms with Crippen molar-refractivity contribution in [1.82, 2.24) is 0 Å². The summed E-state index contributed by atoms with van der Waals surface area (Å²) in [6, 6.07) is 18.0. The van der Waals surface area contributed by atoms with Gasteiger partial charge in [0, 0.05) is 5.56 Å². The quantitative estimate of drug-likeness (QED) is 0.549. The fraction of sp³-hybridized carbons (Fsp3) is 0.111. The molecule has 0 amide bonds. The molecule has 0 aliphatic heterocycles. The Kier molecular flexibility index (Phi) is 3.89. The molecule has 0 fully saturated rings. The van der Waals surface area contributed by atoms with Crippen LogP contribution in [0.1, 0.15) is 16.5 Å². The third-order valence-electron chi connectivity index (χ3n) is 3.60. The third kappa shape index (κ3) is 2.77. The Bertz CT molecular complexity index is 778. The monoisotopic (exact) mass is 302 g/mol. The summed E-state index contributed by atoms with van der Waals surface area (Å²) in [5.74, 6) is -1.73. The molecule has 3 aromatic carbocycles. The van der Waals surface area contributed by atoms with E-state index in [1.807, 2.05) is 42.5 Å². The van der Waals surface area contributed by atoms with Gasteiger partial charge in [0.25, 0.3) is 0 Å². The average molecular weight is 303 g/mol. The largest absolute Gasteiger partial charge is 0.204 e. The van der Waals surface area contributed by atoms with E-state index in [-0.39, 0.29) is 5.56 Å². The smallest absolute Gasteiger partial charge is 0.163 e. The normalized spacial score (nSPS) is 12.5. The van der Waals surface area contributed by atoms with Gasteiger partial charge in [0.2, 0.25) is 0 Å². The van der Waals surface area contributed by atoms with Crippen LogP contribution in [0, 0.1) is 11.6 Å². The van der Waals surface area contributed by atoms with Crippen molar-refractivity contribution < 1.29 is 8.78 Å². The van der Waals surface area contributed by atoms with Crippen LogP contribution in [0.15, 0.2) is 60.7 Å². The second-order valence-electron chi connectivity index (χ2n) is 4.95. The summed E-state index contributed by atoms with van der Waals surface area (Å²) in [6.45, 7) is 0. The van der Waals surface area contributed by atoms with E-state index in [9.17, 15) is 8.78 Å². The van der Waals surface area contributed by atoms with E-state index in [1.165, 1.54) is 12.1 Å². The molecule has 3 heteroatoms. The van der Waals surface area contributed by atoms with E-state index in [0.717, 1.165) is 22.4 Å².